The van der Waals surface area contributed by atoms with Crippen molar-refractivity contribution in [1.82, 2.24) is 15.8 Å². The van der Waals surface area contributed by atoms with E-state index in [1.165, 1.54) is 0 Å². The zero-order chi connectivity index (χ0) is 21.1. The zero-order valence-electron chi connectivity index (χ0n) is 17.1. The minimum atomic E-state index is -0.576. The molecule has 6 heteroatoms. The third-order valence-corrected chi connectivity index (χ3v) is 6.55. The Morgan fingerprint density at radius 3 is 2.23 bits per heavy atom. The van der Waals surface area contributed by atoms with Crippen molar-refractivity contribution in [2.75, 3.05) is 6.54 Å². The van der Waals surface area contributed by atoms with Crippen molar-refractivity contribution >= 4 is 17.7 Å². The number of hydrogen-bond donors (Lipinski definition) is 2. The summed E-state index contributed by atoms with van der Waals surface area (Å²) in [7, 11) is 0. The third kappa shape index (κ3) is 3.70. The number of carbonyl (C=O) groups is 3. The first-order valence-electron chi connectivity index (χ1n) is 10.5. The number of carbonyl (C=O) groups excluding carboxylic acids is 3. The summed E-state index contributed by atoms with van der Waals surface area (Å²) >= 11 is 0. The summed E-state index contributed by atoms with van der Waals surface area (Å²) in [6.45, 7) is 2.32. The maximum Gasteiger partial charge on any atom is 0.249 e. The molecule has 0 bridgehead atoms. The van der Waals surface area contributed by atoms with Gasteiger partial charge in [0.2, 0.25) is 17.7 Å². The van der Waals surface area contributed by atoms with Crippen molar-refractivity contribution in [3.63, 3.8) is 0 Å². The molecule has 3 amide bonds. The average Bonchev–Trinajstić information content (AvgIpc) is 3.14. The van der Waals surface area contributed by atoms with Crippen LogP contribution in [-0.2, 0) is 19.8 Å². The smallest absolute Gasteiger partial charge is 0.249 e. The van der Waals surface area contributed by atoms with Crippen LogP contribution in [0.5, 0.6) is 0 Å². The Morgan fingerprint density at radius 1 is 1.00 bits per heavy atom. The Bertz CT molecular complexity index is 925. The summed E-state index contributed by atoms with van der Waals surface area (Å²) in [5.74, 6) is -1.02. The van der Waals surface area contributed by atoms with Gasteiger partial charge in [0.15, 0.2) is 0 Å². The number of amides is 3. The predicted molar refractivity (Wildman–Crippen MR) is 113 cm³/mol. The van der Waals surface area contributed by atoms with Crippen LogP contribution < -0.4 is 10.9 Å². The van der Waals surface area contributed by atoms with Crippen molar-refractivity contribution in [2.45, 2.75) is 44.1 Å². The largest absolute Gasteiger partial charge is 0.335 e. The molecule has 156 valence electrons. The fraction of sp³-hybridized carbons (Fsp3) is 0.375. The molecule has 0 aromatic heterocycles. The van der Waals surface area contributed by atoms with Gasteiger partial charge in [-0.15, -0.1) is 0 Å². The minimum absolute atomic E-state index is 0.0439. The van der Waals surface area contributed by atoms with E-state index in [4.69, 9.17) is 0 Å². The van der Waals surface area contributed by atoms with E-state index in [0.717, 1.165) is 30.4 Å². The summed E-state index contributed by atoms with van der Waals surface area (Å²) in [5, 5.41) is 0. The Morgan fingerprint density at radius 2 is 1.63 bits per heavy atom. The normalized spacial score (nSPS) is 20.9. The van der Waals surface area contributed by atoms with E-state index in [-0.39, 0.29) is 30.2 Å². The molecule has 2 aromatic rings. The first-order chi connectivity index (χ1) is 14.5. The van der Waals surface area contributed by atoms with Crippen LogP contribution in [0.25, 0.3) is 0 Å². The predicted octanol–water partition coefficient (Wildman–Crippen LogP) is 2.87. The standard InChI is InChI=1S/C24H27N3O3/c1-17(18-9-4-2-5-10-18)27-16-19(15-21(27)28)22(29)25-26-23(30)24(13-8-14-24)20-11-6-3-7-12-20/h2-7,9-12,17,19H,8,13-16H2,1H3,(H,25,29)(H,26,30). The molecule has 2 N–H and O–H groups in total. The molecule has 30 heavy (non-hydrogen) atoms. The van der Waals surface area contributed by atoms with Gasteiger partial charge in [-0.25, -0.2) is 0 Å². The van der Waals surface area contributed by atoms with E-state index in [2.05, 4.69) is 10.9 Å². The highest BCUT2D eigenvalue weighted by molar-refractivity contribution is 5.93. The van der Waals surface area contributed by atoms with Crippen LogP contribution in [0.4, 0.5) is 0 Å². The second-order valence-corrected chi connectivity index (χ2v) is 8.28. The number of hydrogen-bond acceptors (Lipinski definition) is 3. The van der Waals surface area contributed by atoms with Crippen LogP contribution in [0.15, 0.2) is 60.7 Å². The van der Waals surface area contributed by atoms with Crippen molar-refractivity contribution < 1.29 is 14.4 Å². The van der Waals surface area contributed by atoms with Gasteiger partial charge in [-0.3, -0.25) is 25.2 Å². The number of nitrogens with zero attached hydrogens (tertiary/aromatic N) is 1. The van der Waals surface area contributed by atoms with Crippen molar-refractivity contribution in [3.05, 3.63) is 71.8 Å². The Balaban J connectivity index is 1.36. The first-order valence-corrected chi connectivity index (χ1v) is 10.5. The van der Waals surface area contributed by atoms with Gasteiger partial charge in [0.25, 0.3) is 0 Å². The molecule has 0 spiro atoms. The molecule has 2 fully saturated rings. The molecule has 1 saturated heterocycles. The lowest BCUT2D eigenvalue weighted by molar-refractivity contribution is -0.136. The Kier molecular flexibility index (Phi) is 5.57. The molecule has 2 unspecified atom stereocenters. The fourth-order valence-electron chi connectivity index (χ4n) is 4.47. The van der Waals surface area contributed by atoms with Gasteiger partial charge in [0, 0.05) is 13.0 Å². The third-order valence-electron chi connectivity index (χ3n) is 6.55. The van der Waals surface area contributed by atoms with Crippen molar-refractivity contribution in [3.8, 4) is 0 Å². The van der Waals surface area contributed by atoms with Gasteiger partial charge < -0.3 is 4.90 Å². The second kappa shape index (κ2) is 8.30. The lowest BCUT2D eigenvalue weighted by Crippen LogP contribution is -2.55. The first kappa shape index (κ1) is 20.1. The molecule has 2 atom stereocenters. The van der Waals surface area contributed by atoms with Crippen LogP contribution in [0.3, 0.4) is 0 Å². The van der Waals surface area contributed by atoms with Gasteiger partial charge in [0.05, 0.1) is 17.4 Å². The van der Waals surface area contributed by atoms with Gasteiger partial charge in [-0.2, -0.15) is 0 Å². The molecule has 0 radical (unpaired) electrons. The van der Waals surface area contributed by atoms with Gasteiger partial charge >= 0.3 is 0 Å². The minimum Gasteiger partial charge on any atom is -0.335 e. The van der Waals surface area contributed by atoms with Gasteiger partial charge in [-0.05, 0) is 30.9 Å². The van der Waals surface area contributed by atoms with Crippen LogP contribution in [0.2, 0.25) is 0 Å². The molecule has 1 heterocycles. The molecule has 1 saturated carbocycles. The average molecular weight is 405 g/mol. The van der Waals surface area contributed by atoms with E-state index >= 15 is 0 Å². The fourth-order valence-corrected chi connectivity index (χ4v) is 4.47. The summed E-state index contributed by atoms with van der Waals surface area (Å²) < 4.78 is 0. The van der Waals surface area contributed by atoms with Crippen LogP contribution in [-0.4, -0.2) is 29.2 Å². The highest BCUT2D eigenvalue weighted by atomic mass is 16.2. The summed E-state index contributed by atoms with van der Waals surface area (Å²) in [6.07, 6.45) is 2.68. The van der Waals surface area contributed by atoms with E-state index in [9.17, 15) is 14.4 Å². The maximum atomic E-state index is 12.9. The molecule has 1 aliphatic carbocycles. The number of likely N-dealkylation sites (tertiary alicyclic amines) is 1. The number of benzene rings is 2. The summed E-state index contributed by atoms with van der Waals surface area (Å²) in [6, 6.07) is 19.4. The molecular weight excluding hydrogens is 378 g/mol. The SMILES string of the molecule is CC(c1ccccc1)N1CC(C(=O)NNC(=O)C2(c3ccccc3)CCC2)CC1=O. The number of rotatable bonds is 5. The molecule has 6 nitrogen and oxygen atoms in total. The molecule has 2 aliphatic rings. The van der Waals surface area contributed by atoms with Gasteiger partial charge in [0.1, 0.15) is 0 Å². The molecule has 1 aliphatic heterocycles. The number of nitrogens with one attached hydrogen (secondary N) is 2. The Labute approximate surface area is 176 Å². The summed E-state index contributed by atoms with van der Waals surface area (Å²) in [4.78, 5) is 39.8. The topological polar surface area (TPSA) is 78.5 Å². The van der Waals surface area contributed by atoms with Crippen LogP contribution in [0, 0.1) is 5.92 Å². The van der Waals surface area contributed by atoms with Gasteiger partial charge in [-0.1, -0.05) is 67.1 Å². The Hall–Kier alpha value is -3.15. The molecule has 4 rings (SSSR count). The lowest BCUT2D eigenvalue weighted by atomic mass is 9.64. The lowest BCUT2D eigenvalue weighted by Gasteiger charge is -2.40. The van der Waals surface area contributed by atoms with E-state index in [1.54, 1.807) is 4.90 Å². The monoisotopic (exact) mass is 405 g/mol. The quantitative estimate of drug-likeness (QED) is 0.751. The number of hydrazine groups is 1. The van der Waals surface area contributed by atoms with Crippen LogP contribution in [0.1, 0.15) is 49.8 Å². The van der Waals surface area contributed by atoms with Crippen molar-refractivity contribution in [2.24, 2.45) is 5.92 Å². The van der Waals surface area contributed by atoms with E-state index < -0.39 is 11.3 Å². The molecule has 2 aromatic carbocycles. The highest BCUT2D eigenvalue weighted by Gasteiger charge is 2.46. The van der Waals surface area contributed by atoms with Crippen LogP contribution >= 0.6 is 0 Å². The zero-order valence-corrected chi connectivity index (χ0v) is 17.1. The maximum absolute atomic E-state index is 12.9. The van der Waals surface area contributed by atoms with Crippen molar-refractivity contribution in [1.29, 1.82) is 0 Å². The second-order valence-electron chi connectivity index (χ2n) is 8.28. The van der Waals surface area contributed by atoms with E-state index in [1.807, 2.05) is 67.6 Å². The van der Waals surface area contributed by atoms with E-state index in [0.29, 0.717) is 6.54 Å². The highest BCUT2D eigenvalue weighted by Crippen LogP contribution is 2.43. The molecular formula is C24H27N3O3. The summed E-state index contributed by atoms with van der Waals surface area (Å²) in [5.41, 5.74) is 6.63.